The van der Waals surface area contributed by atoms with Crippen LogP contribution in [0.25, 0.3) is 22.4 Å². The van der Waals surface area contributed by atoms with Crippen molar-refractivity contribution >= 4 is 22.9 Å². The first-order valence-electron chi connectivity index (χ1n) is 11.2. The number of hydrogen-bond acceptors (Lipinski definition) is 8. The first-order valence-corrected chi connectivity index (χ1v) is 11.2. The number of fused-ring (bicyclic) bond motifs is 6. The quantitative estimate of drug-likeness (QED) is 0.442. The number of hydrogen-bond donors (Lipinski definition) is 2. The van der Waals surface area contributed by atoms with Crippen molar-refractivity contribution in [2.45, 2.75) is 31.6 Å². The molecule has 1 amide bonds. The van der Waals surface area contributed by atoms with Crippen molar-refractivity contribution in [2.75, 3.05) is 18.5 Å². The van der Waals surface area contributed by atoms with Crippen molar-refractivity contribution in [2.24, 2.45) is 0 Å². The summed E-state index contributed by atoms with van der Waals surface area (Å²) >= 11 is 0. The molecular formula is C23H21F3N8O2. The van der Waals surface area contributed by atoms with Crippen LogP contribution < -0.4 is 15.4 Å². The van der Waals surface area contributed by atoms with Gasteiger partial charge in [-0.05, 0) is 25.0 Å². The van der Waals surface area contributed by atoms with E-state index >= 15 is 0 Å². The number of imidazole rings is 1. The number of benzene rings is 1. The Morgan fingerprint density at radius 2 is 2.03 bits per heavy atom. The molecule has 10 nitrogen and oxygen atoms in total. The van der Waals surface area contributed by atoms with Crippen molar-refractivity contribution in [3.63, 3.8) is 0 Å². The Labute approximate surface area is 203 Å². The average molecular weight is 498 g/mol. The zero-order valence-corrected chi connectivity index (χ0v) is 18.9. The summed E-state index contributed by atoms with van der Waals surface area (Å²) in [6, 6.07) is 6.32. The van der Waals surface area contributed by atoms with E-state index in [9.17, 15) is 18.0 Å². The molecule has 0 aliphatic carbocycles. The second-order valence-electron chi connectivity index (χ2n) is 8.15. The van der Waals surface area contributed by atoms with Crippen LogP contribution in [0.5, 0.6) is 5.75 Å². The summed E-state index contributed by atoms with van der Waals surface area (Å²) in [4.78, 5) is 34.1. The molecule has 1 aliphatic rings. The minimum absolute atomic E-state index is 0.0390. The fourth-order valence-electron chi connectivity index (χ4n) is 3.95. The van der Waals surface area contributed by atoms with E-state index in [4.69, 9.17) is 9.72 Å². The molecule has 4 heterocycles. The lowest BCUT2D eigenvalue weighted by molar-refractivity contribution is -0.140. The van der Waals surface area contributed by atoms with Gasteiger partial charge in [0.15, 0.2) is 18.1 Å². The van der Waals surface area contributed by atoms with Crippen LogP contribution in [0.3, 0.4) is 0 Å². The van der Waals surface area contributed by atoms with E-state index in [2.05, 4.69) is 30.6 Å². The molecule has 1 aliphatic heterocycles. The van der Waals surface area contributed by atoms with E-state index < -0.39 is 18.8 Å². The van der Waals surface area contributed by atoms with Crippen LogP contribution in [0.15, 0.2) is 49.2 Å². The molecule has 1 aromatic carbocycles. The van der Waals surface area contributed by atoms with Crippen LogP contribution in [0.4, 0.5) is 19.0 Å². The molecule has 186 valence electrons. The maximum Gasteiger partial charge on any atom is 0.406 e. The number of carbonyl (C=O) groups excluding carboxylic acids is 1. The zero-order valence-electron chi connectivity index (χ0n) is 18.9. The minimum atomic E-state index is -4.47. The topological polar surface area (TPSA) is 120 Å². The summed E-state index contributed by atoms with van der Waals surface area (Å²) in [6.45, 7) is -1.11. The highest BCUT2D eigenvalue weighted by molar-refractivity contribution is 5.89. The molecule has 1 unspecified atom stereocenters. The highest BCUT2D eigenvalue weighted by Crippen LogP contribution is 2.35. The molecule has 0 saturated heterocycles. The third-order valence-corrected chi connectivity index (χ3v) is 5.52. The highest BCUT2D eigenvalue weighted by atomic mass is 19.4. The molecule has 0 saturated carbocycles. The minimum Gasteiger partial charge on any atom is -0.483 e. The monoisotopic (exact) mass is 498 g/mol. The average Bonchev–Trinajstić information content (AvgIpc) is 3.25. The second kappa shape index (κ2) is 9.76. The molecular weight excluding hydrogens is 477 g/mol. The lowest BCUT2D eigenvalue weighted by Crippen LogP contribution is -2.30. The Morgan fingerprint density at radius 3 is 2.83 bits per heavy atom. The standard InChI is InChI=1S/C23H21F3N8O2/c24-23(25,26)12-34-13-30-20-19-14-4-1-2-6-16(14)36-11-18(35)29-7-3-5-15(21(32-19)33-22(20)34)31-17-10-27-8-9-28-17/h1-2,4,6,8-10,13,15H,3,5,7,11-12H2,(H,28,31)(H,29,35). The fourth-order valence-corrected chi connectivity index (χ4v) is 3.95. The van der Waals surface area contributed by atoms with Gasteiger partial charge < -0.3 is 19.9 Å². The molecule has 3 aromatic heterocycles. The maximum absolute atomic E-state index is 13.3. The van der Waals surface area contributed by atoms with Crippen molar-refractivity contribution in [3.8, 4) is 17.0 Å². The lowest BCUT2D eigenvalue weighted by Gasteiger charge is -2.19. The number of anilines is 1. The number of alkyl halides is 3. The number of nitrogens with one attached hydrogen (secondary N) is 2. The van der Waals surface area contributed by atoms with Gasteiger partial charge in [-0.2, -0.15) is 13.2 Å². The van der Waals surface area contributed by atoms with Crippen LogP contribution in [0.1, 0.15) is 24.7 Å². The van der Waals surface area contributed by atoms with Gasteiger partial charge >= 0.3 is 6.18 Å². The van der Waals surface area contributed by atoms with Gasteiger partial charge in [0.2, 0.25) is 0 Å². The third-order valence-electron chi connectivity index (χ3n) is 5.52. The Morgan fingerprint density at radius 1 is 1.17 bits per heavy atom. The molecule has 13 heteroatoms. The summed E-state index contributed by atoms with van der Waals surface area (Å²) in [7, 11) is 0. The van der Waals surface area contributed by atoms with Crippen LogP contribution >= 0.6 is 0 Å². The Hall–Kier alpha value is -4.29. The van der Waals surface area contributed by atoms with Crippen molar-refractivity contribution in [1.82, 2.24) is 34.8 Å². The van der Waals surface area contributed by atoms with Crippen LogP contribution in [0.2, 0.25) is 0 Å². The van der Waals surface area contributed by atoms with Gasteiger partial charge in [-0.15, -0.1) is 0 Å². The number of para-hydroxylation sites is 1. The summed E-state index contributed by atoms with van der Waals surface area (Å²) < 4.78 is 46.6. The van der Waals surface area contributed by atoms with Crippen molar-refractivity contribution < 1.29 is 22.7 Å². The number of rotatable bonds is 3. The SMILES string of the molecule is O=C1COc2ccccc2-c2nc(nc3c2ncn3CC(F)(F)F)C(Nc2cnccn2)CCCN1. The van der Waals surface area contributed by atoms with Gasteiger partial charge in [-0.3, -0.25) is 9.78 Å². The van der Waals surface area contributed by atoms with Crippen LogP contribution in [-0.2, 0) is 11.3 Å². The molecule has 2 N–H and O–H groups in total. The molecule has 0 fully saturated rings. The van der Waals surface area contributed by atoms with Crippen molar-refractivity contribution in [3.05, 3.63) is 55.0 Å². The molecule has 1 atom stereocenters. The van der Waals surface area contributed by atoms with E-state index in [1.165, 1.54) is 18.6 Å². The predicted molar refractivity (Wildman–Crippen MR) is 123 cm³/mol. The van der Waals surface area contributed by atoms with Gasteiger partial charge in [0.05, 0.1) is 18.6 Å². The molecule has 0 spiro atoms. The van der Waals surface area contributed by atoms with Crippen LogP contribution in [0, 0.1) is 0 Å². The second-order valence-corrected chi connectivity index (χ2v) is 8.15. The number of halogens is 3. The Kier molecular flexibility index (Phi) is 6.36. The summed E-state index contributed by atoms with van der Waals surface area (Å²) in [5.41, 5.74) is 1.01. The van der Waals surface area contributed by atoms with Gasteiger partial charge in [-0.1, -0.05) is 12.1 Å². The smallest absolute Gasteiger partial charge is 0.406 e. The summed E-state index contributed by atoms with van der Waals surface area (Å²) in [6.07, 6.45) is 2.20. The number of amides is 1. The molecule has 5 rings (SSSR count). The van der Waals surface area contributed by atoms with E-state index in [1.54, 1.807) is 24.3 Å². The first-order chi connectivity index (χ1) is 17.4. The molecule has 0 radical (unpaired) electrons. The van der Waals surface area contributed by atoms with Gasteiger partial charge in [0.1, 0.15) is 29.3 Å². The fraction of sp³-hybridized carbons (Fsp3) is 0.304. The van der Waals surface area contributed by atoms with Crippen molar-refractivity contribution in [1.29, 1.82) is 0 Å². The van der Waals surface area contributed by atoms with E-state index in [0.717, 1.165) is 10.9 Å². The van der Waals surface area contributed by atoms with Gasteiger partial charge in [-0.25, -0.2) is 19.9 Å². The van der Waals surface area contributed by atoms with E-state index in [-0.39, 0.29) is 29.5 Å². The Bertz CT molecular complexity index is 1380. The normalized spacial score (nSPS) is 16.6. The summed E-state index contributed by atoms with van der Waals surface area (Å²) in [5.74, 6) is 0.766. The van der Waals surface area contributed by atoms with E-state index in [1.807, 2.05) is 0 Å². The van der Waals surface area contributed by atoms with E-state index in [0.29, 0.717) is 42.2 Å². The third kappa shape index (κ3) is 5.19. The number of nitrogens with zero attached hydrogens (tertiary/aromatic N) is 6. The predicted octanol–water partition coefficient (Wildman–Crippen LogP) is 3.29. The Balaban J connectivity index is 1.70. The molecule has 2 bridgehead atoms. The molecule has 4 aromatic rings. The number of ether oxygens (including phenoxy) is 1. The van der Waals surface area contributed by atoms with Crippen LogP contribution in [-0.4, -0.2) is 54.7 Å². The largest absolute Gasteiger partial charge is 0.483 e. The first kappa shape index (κ1) is 23.5. The maximum atomic E-state index is 13.3. The lowest BCUT2D eigenvalue weighted by atomic mass is 10.1. The van der Waals surface area contributed by atoms with Gasteiger partial charge in [0.25, 0.3) is 5.91 Å². The molecule has 36 heavy (non-hydrogen) atoms. The highest BCUT2D eigenvalue weighted by Gasteiger charge is 2.30. The summed E-state index contributed by atoms with van der Waals surface area (Å²) in [5, 5.41) is 6.03. The van der Waals surface area contributed by atoms with Gasteiger partial charge in [0, 0.05) is 24.5 Å². The number of aromatic nitrogens is 6. The zero-order chi connectivity index (χ0) is 25.1. The number of carbonyl (C=O) groups is 1.